The lowest BCUT2D eigenvalue weighted by atomic mass is 9.98. The molecule has 2 aliphatic heterocycles. The van der Waals surface area contributed by atoms with E-state index in [1.54, 1.807) is 0 Å². The van der Waals surface area contributed by atoms with Crippen LogP contribution in [0.5, 0.6) is 0 Å². The van der Waals surface area contributed by atoms with E-state index in [-0.39, 0.29) is 24.3 Å². The van der Waals surface area contributed by atoms with E-state index in [0.29, 0.717) is 32.4 Å². The minimum Gasteiger partial charge on any atom is -0.481 e. The fourth-order valence-corrected chi connectivity index (χ4v) is 3.07. The Labute approximate surface area is 118 Å². The molecular formula is C14H22N2O4. The number of likely N-dealkylation sites (tertiary alicyclic amines) is 2. The predicted molar refractivity (Wildman–Crippen MR) is 72.0 cm³/mol. The lowest BCUT2D eigenvalue weighted by Crippen LogP contribution is -2.45. The van der Waals surface area contributed by atoms with Gasteiger partial charge in [-0.1, -0.05) is 6.42 Å². The first kappa shape index (κ1) is 15.0. The average Bonchev–Trinajstić information content (AvgIpc) is 2.74. The maximum Gasteiger partial charge on any atom is 0.303 e. The number of carboxylic acids is 1. The SMILES string of the molecule is O=C(O)CCC1CCCCN1CCN1C(=O)CCC1=O. The van der Waals surface area contributed by atoms with E-state index in [0.717, 1.165) is 25.8 Å². The summed E-state index contributed by atoms with van der Waals surface area (Å²) in [5.74, 6) is -0.913. The molecule has 0 bridgehead atoms. The van der Waals surface area contributed by atoms with Crippen LogP contribution in [0.15, 0.2) is 0 Å². The number of piperidine rings is 1. The lowest BCUT2D eigenvalue weighted by molar-refractivity contribution is -0.139. The smallest absolute Gasteiger partial charge is 0.303 e. The number of hydrogen-bond donors (Lipinski definition) is 1. The molecule has 6 nitrogen and oxygen atoms in total. The minimum absolute atomic E-state index is 0.0749. The van der Waals surface area contributed by atoms with Crippen LogP contribution >= 0.6 is 0 Å². The van der Waals surface area contributed by atoms with Crippen LogP contribution in [0, 0.1) is 0 Å². The van der Waals surface area contributed by atoms with Crippen LogP contribution in [0.2, 0.25) is 0 Å². The fraction of sp³-hybridized carbons (Fsp3) is 0.786. The molecule has 0 spiro atoms. The van der Waals surface area contributed by atoms with Crippen molar-refractivity contribution in [3.63, 3.8) is 0 Å². The maximum absolute atomic E-state index is 11.6. The molecule has 1 unspecified atom stereocenters. The topological polar surface area (TPSA) is 77.9 Å². The molecule has 0 saturated carbocycles. The molecule has 1 atom stereocenters. The second kappa shape index (κ2) is 6.83. The molecule has 1 N–H and O–H groups in total. The molecule has 0 radical (unpaired) electrons. The molecule has 2 saturated heterocycles. The van der Waals surface area contributed by atoms with E-state index >= 15 is 0 Å². The molecule has 2 fully saturated rings. The van der Waals surface area contributed by atoms with Crippen LogP contribution in [0.25, 0.3) is 0 Å². The van der Waals surface area contributed by atoms with E-state index in [1.165, 1.54) is 4.90 Å². The normalized spacial score (nSPS) is 24.4. The van der Waals surface area contributed by atoms with E-state index in [9.17, 15) is 14.4 Å². The molecule has 112 valence electrons. The number of rotatable bonds is 6. The van der Waals surface area contributed by atoms with Gasteiger partial charge in [-0.3, -0.25) is 24.2 Å². The van der Waals surface area contributed by atoms with Crippen molar-refractivity contribution < 1.29 is 19.5 Å². The van der Waals surface area contributed by atoms with Crippen molar-refractivity contribution in [2.45, 2.75) is 51.0 Å². The maximum atomic E-state index is 11.6. The van der Waals surface area contributed by atoms with Gasteiger partial charge in [0.15, 0.2) is 0 Å². The summed E-state index contributed by atoms with van der Waals surface area (Å²) in [5, 5.41) is 8.79. The standard InChI is InChI=1S/C14H22N2O4/c17-12-5-6-13(18)16(12)10-9-15-8-2-1-3-11(15)4-7-14(19)20/h11H,1-10H2,(H,19,20). The highest BCUT2D eigenvalue weighted by Crippen LogP contribution is 2.21. The highest BCUT2D eigenvalue weighted by molar-refractivity contribution is 6.01. The van der Waals surface area contributed by atoms with Crippen molar-refractivity contribution in [1.29, 1.82) is 0 Å². The third-order valence-electron chi connectivity index (χ3n) is 4.21. The second-order valence-corrected chi connectivity index (χ2v) is 5.56. The number of carboxylic acid groups (broad SMARTS) is 1. The number of carbonyl (C=O) groups is 3. The minimum atomic E-state index is -0.763. The Morgan fingerprint density at radius 1 is 1.15 bits per heavy atom. The highest BCUT2D eigenvalue weighted by Gasteiger charge is 2.30. The molecule has 2 heterocycles. The van der Waals surface area contributed by atoms with Gasteiger partial charge in [-0.25, -0.2) is 0 Å². The van der Waals surface area contributed by atoms with Crippen LogP contribution in [-0.4, -0.2) is 58.4 Å². The van der Waals surface area contributed by atoms with E-state index in [1.807, 2.05) is 0 Å². The summed E-state index contributed by atoms with van der Waals surface area (Å²) >= 11 is 0. The molecule has 0 aromatic heterocycles. The quantitative estimate of drug-likeness (QED) is 0.731. The van der Waals surface area contributed by atoms with Gasteiger partial charge in [0, 0.05) is 38.4 Å². The summed E-state index contributed by atoms with van der Waals surface area (Å²) in [5.41, 5.74) is 0. The van der Waals surface area contributed by atoms with Crippen molar-refractivity contribution in [2.75, 3.05) is 19.6 Å². The number of aliphatic carboxylic acids is 1. The van der Waals surface area contributed by atoms with Gasteiger partial charge in [0.2, 0.25) is 11.8 Å². The summed E-state index contributed by atoms with van der Waals surface area (Å²) in [6.45, 7) is 2.05. The summed E-state index contributed by atoms with van der Waals surface area (Å²) < 4.78 is 0. The summed E-state index contributed by atoms with van der Waals surface area (Å²) in [6, 6.07) is 0.271. The van der Waals surface area contributed by atoms with Gasteiger partial charge in [0.05, 0.1) is 0 Å². The third-order valence-corrected chi connectivity index (χ3v) is 4.21. The number of carbonyl (C=O) groups excluding carboxylic acids is 2. The Hall–Kier alpha value is -1.43. The van der Waals surface area contributed by atoms with Crippen LogP contribution < -0.4 is 0 Å². The van der Waals surface area contributed by atoms with Crippen molar-refractivity contribution in [3.05, 3.63) is 0 Å². The van der Waals surface area contributed by atoms with Gasteiger partial charge in [-0.05, 0) is 25.8 Å². The van der Waals surface area contributed by atoms with Crippen molar-refractivity contribution >= 4 is 17.8 Å². The van der Waals surface area contributed by atoms with Crippen LogP contribution in [0.4, 0.5) is 0 Å². The Balaban J connectivity index is 1.83. The van der Waals surface area contributed by atoms with Crippen LogP contribution in [0.3, 0.4) is 0 Å². The van der Waals surface area contributed by atoms with E-state index in [4.69, 9.17) is 5.11 Å². The molecule has 2 aliphatic rings. The van der Waals surface area contributed by atoms with Gasteiger partial charge in [-0.2, -0.15) is 0 Å². The summed E-state index contributed by atoms with van der Waals surface area (Å²) in [7, 11) is 0. The van der Waals surface area contributed by atoms with Gasteiger partial charge in [0.1, 0.15) is 0 Å². The zero-order chi connectivity index (χ0) is 14.5. The van der Waals surface area contributed by atoms with Crippen molar-refractivity contribution in [2.24, 2.45) is 0 Å². The molecule has 6 heteroatoms. The fourth-order valence-electron chi connectivity index (χ4n) is 3.07. The van der Waals surface area contributed by atoms with Gasteiger partial charge < -0.3 is 5.11 Å². The Morgan fingerprint density at radius 3 is 2.50 bits per heavy atom. The highest BCUT2D eigenvalue weighted by atomic mass is 16.4. The molecule has 0 aromatic rings. The number of nitrogens with zero attached hydrogens (tertiary/aromatic N) is 2. The molecule has 20 heavy (non-hydrogen) atoms. The van der Waals surface area contributed by atoms with Crippen molar-refractivity contribution in [1.82, 2.24) is 9.80 Å². The molecule has 2 amide bonds. The van der Waals surface area contributed by atoms with Crippen LogP contribution in [-0.2, 0) is 14.4 Å². The number of hydrogen-bond acceptors (Lipinski definition) is 4. The van der Waals surface area contributed by atoms with E-state index < -0.39 is 5.97 Å². The summed E-state index contributed by atoms with van der Waals surface area (Å²) in [6.07, 6.45) is 4.74. The average molecular weight is 282 g/mol. The molecule has 0 aliphatic carbocycles. The lowest BCUT2D eigenvalue weighted by Gasteiger charge is -2.36. The van der Waals surface area contributed by atoms with E-state index in [2.05, 4.69) is 4.90 Å². The van der Waals surface area contributed by atoms with Gasteiger partial charge >= 0.3 is 5.97 Å². The monoisotopic (exact) mass is 282 g/mol. The zero-order valence-corrected chi connectivity index (χ0v) is 11.7. The Morgan fingerprint density at radius 2 is 1.85 bits per heavy atom. The first-order valence-corrected chi connectivity index (χ1v) is 7.37. The Bertz CT molecular complexity index is 381. The van der Waals surface area contributed by atoms with Gasteiger partial charge in [-0.15, -0.1) is 0 Å². The number of amides is 2. The van der Waals surface area contributed by atoms with Crippen LogP contribution in [0.1, 0.15) is 44.9 Å². The second-order valence-electron chi connectivity index (χ2n) is 5.56. The first-order valence-electron chi connectivity index (χ1n) is 7.37. The first-order chi connectivity index (χ1) is 9.58. The molecule has 2 rings (SSSR count). The predicted octanol–water partition coefficient (Wildman–Crippen LogP) is 0.855. The largest absolute Gasteiger partial charge is 0.481 e. The van der Waals surface area contributed by atoms with Crippen molar-refractivity contribution in [3.8, 4) is 0 Å². The molecule has 0 aromatic carbocycles. The zero-order valence-electron chi connectivity index (χ0n) is 11.7. The molecular weight excluding hydrogens is 260 g/mol. The van der Waals surface area contributed by atoms with Gasteiger partial charge in [0.25, 0.3) is 0 Å². The number of imide groups is 1. The third kappa shape index (κ3) is 3.79. The Kier molecular flexibility index (Phi) is 5.11. The summed E-state index contributed by atoms with van der Waals surface area (Å²) in [4.78, 5) is 37.4.